The molecule has 0 aliphatic carbocycles. The van der Waals surface area contributed by atoms with Gasteiger partial charge in [0.2, 0.25) is 0 Å². The summed E-state index contributed by atoms with van der Waals surface area (Å²) in [5.41, 5.74) is 4.15. The van der Waals surface area contributed by atoms with E-state index in [1.165, 1.54) is 12.1 Å². The van der Waals surface area contributed by atoms with Crippen LogP contribution in [0.15, 0.2) is 53.7 Å². The van der Waals surface area contributed by atoms with Crippen molar-refractivity contribution in [1.29, 1.82) is 0 Å². The summed E-state index contributed by atoms with van der Waals surface area (Å²) in [4.78, 5) is 8.73. The highest BCUT2D eigenvalue weighted by atomic mass is 19.1. The Morgan fingerprint density at radius 2 is 1.82 bits per heavy atom. The second-order valence-corrected chi connectivity index (χ2v) is 6.59. The molecule has 0 aliphatic rings. The van der Waals surface area contributed by atoms with Gasteiger partial charge in [-0.3, -0.25) is 4.99 Å². The maximum Gasteiger partial charge on any atom is 0.191 e. The molecular formula is C21H25FN6. The van der Waals surface area contributed by atoms with Crippen LogP contribution in [0, 0.1) is 19.7 Å². The summed E-state index contributed by atoms with van der Waals surface area (Å²) >= 11 is 0. The fourth-order valence-electron chi connectivity index (χ4n) is 2.89. The third-order valence-corrected chi connectivity index (χ3v) is 4.34. The van der Waals surface area contributed by atoms with E-state index in [2.05, 4.69) is 25.7 Å². The Bertz CT molecular complexity index is 929. The van der Waals surface area contributed by atoms with Gasteiger partial charge in [0.25, 0.3) is 0 Å². The highest BCUT2D eigenvalue weighted by Crippen LogP contribution is 2.10. The Morgan fingerprint density at radius 1 is 1.07 bits per heavy atom. The predicted octanol–water partition coefficient (Wildman–Crippen LogP) is 2.93. The molecule has 0 aliphatic heterocycles. The minimum Gasteiger partial charge on any atom is -0.356 e. The Hall–Kier alpha value is -3.22. The van der Waals surface area contributed by atoms with Crippen LogP contribution in [0.1, 0.15) is 22.5 Å². The second kappa shape index (κ2) is 9.12. The summed E-state index contributed by atoms with van der Waals surface area (Å²) in [6, 6.07) is 12.6. The molecule has 0 unspecified atom stereocenters. The van der Waals surface area contributed by atoms with Crippen molar-refractivity contribution < 1.29 is 4.39 Å². The first-order chi connectivity index (χ1) is 13.5. The Balaban J connectivity index is 1.49. The molecule has 2 N–H and O–H groups in total. The minimum absolute atomic E-state index is 0.216. The molecule has 0 fully saturated rings. The molecule has 3 aromatic rings. The van der Waals surface area contributed by atoms with Crippen molar-refractivity contribution in [3.8, 4) is 5.82 Å². The molecule has 2 aromatic heterocycles. The van der Waals surface area contributed by atoms with E-state index in [0.29, 0.717) is 19.0 Å². The van der Waals surface area contributed by atoms with Crippen molar-refractivity contribution in [3.05, 3.63) is 77.0 Å². The Kier molecular flexibility index (Phi) is 6.37. The molecule has 146 valence electrons. The number of hydrogen-bond acceptors (Lipinski definition) is 3. The molecule has 0 atom stereocenters. The molecule has 0 saturated carbocycles. The van der Waals surface area contributed by atoms with Crippen molar-refractivity contribution in [2.24, 2.45) is 4.99 Å². The SMILES string of the molecule is CN=C(NCCc1ccc(F)cc1)NCc1ccc(-n2nc(C)cc2C)nc1. The smallest absolute Gasteiger partial charge is 0.191 e. The fraction of sp³-hybridized carbons (Fsp3) is 0.286. The van der Waals surface area contributed by atoms with E-state index in [0.717, 1.165) is 34.8 Å². The van der Waals surface area contributed by atoms with Crippen molar-refractivity contribution in [3.63, 3.8) is 0 Å². The number of nitrogens with one attached hydrogen (secondary N) is 2. The van der Waals surface area contributed by atoms with E-state index in [1.54, 1.807) is 19.2 Å². The lowest BCUT2D eigenvalue weighted by Gasteiger charge is -2.12. The van der Waals surface area contributed by atoms with Crippen LogP contribution >= 0.6 is 0 Å². The van der Waals surface area contributed by atoms with Crippen LogP contribution < -0.4 is 10.6 Å². The first-order valence-electron chi connectivity index (χ1n) is 9.22. The molecule has 0 amide bonds. The van der Waals surface area contributed by atoms with E-state index < -0.39 is 0 Å². The van der Waals surface area contributed by atoms with E-state index in [-0.39, 0.29) is 5.82 Å². The topological polar surface area (TPSA) is 67.1 Å². The lowest BCUT2D eigenvalue weighted by atomic mass is 10.1. The van der Waals surface area contributed by atoms with Gasteiger partial charge in [-0.2, -0.15) is 5.10 Å². The van der Waals surface area contributed by atoms with Crippen LogP contribution in [0.4, 0.5) is 4.39 Å². The molecule has 0 saturated heterocycles. The second-order valence-electron chi connectivity index (χ2n) is 6.59. The van der Waals surface area contributed by atoms with Crippen LogP contribution in [0.3, 0.4) is 0 Å². The molecule has 3 rings (SSSR count). The van der Waals surface area contributed by atoms with Crippen LogP contribution in [0.2, 0.25) is 0 Å². The van der Waals surface area contributed by atoms with Crippen LogP contribution in [0.25, 0.3) is 5.82 Å². The normalized spacial score (nSPS) is 11.5. The van der Waals surface area contributed by atoms with Crippen molar-refractivity contribution in [1.82, 2.24) is 25.4 Å². The van der Waals surface area contributed by atoms with Gasteiger partial charge in [0.15, 0.2) is 11.8 Å². The molecule has 28 heavy (non-hydrogen) atoms. The summed E-state index contributed by atoms with van der Waals surface area (Å²) in [7, 11) is 1.73. The zero-order valence-corrected chi connectivity index (χ0v) is 16.4. The maximum atomic E-state index is 12.9. The lowest BCUT2D eigenvalue weighted by Crippen LogP contribution is -2.37. The standard InChI is InChI=1S/C21H25FN6/c1-15-12-16(2)28(27-15)20-9-6-18(13-25-20)14-26-21(23-3)24-11-10-17-4-7-19(22)8-5-17/h4-9,12-13H,10-11,14H2,1-3H3,(H2,23,24,26). The Morgan fingerprint density at radius 3 is 2.43 bits per heavy atom. The number of aromatic nitrogens is 3. The summed E-state index contributed by atoms with van der Waals surface area (Å²) in [6.07, 6.45) is 2.63. The molecule has 2 heterocycles. The van der Waals surface area contributed by atoms with Gasteiger partial charge < -0.3 is 10.6 Å². The van der Waals surface area contributed by atoms with Crippen LogP contribution in [-0.2, 0) is 13.0 Å². The monoisotopic (exact) mass is 380 g/mol. The quantitative estimate of drug-likeness (QED) is 0.510. The number of guanidine groups is 1. The maximum absolute atomic E-state index is 12.9. The number of hydrogen-bond donors (Lipinski definition) is 2. The molecule has 0 radical (unpaired) electrons. The number of aryl methyl sites for hydroxylation is 2. The van der Waals surface area contributed by atoms with Gasteiger partial charge in [0.05, 0.1) is 5.69 Å². The number of pyridine rings is 1. The van der Waals surface area contributed by atoms with Crippen molar-refractivity contribution in [2.75, 3.05) is 13.6 Å². The number of nitrogens with zero attached hydrogens (tertiary/aromatic N) is 4. The molecule has 7 heteroatoms. The number of halogens is 1. The molecule has 0 bridgehead atoms. The van der Waals surface area contributed by atoms with E-state index >= 15 is 0 Å². The van der Waals surface area contributed by atoms with Gasteiger partial charge in [-0.1, -0.05) is 18.2 Å². The van der Waals surface area contributed by atoms with Gasteiger partial charge in [0, 0.05) is 32.0 Å². The average molecular weight is 380 g/mol. The van der Waals surface area contributed by atoms with Crippen molar-refractivity contribution >= 4 is 5.96 Å². The van der Waals surface area contributed by atoms with E-state index in [1.807, 2.05) is 42.9 Å². The van der Waals surface area contributed by atoms with Gasteiger partial charge >= 0.3 is 0 Å². The average Bonchev–Trinajstić information content (AvgIpc) is 3.04. The molecule has 6 nitrogen and oxygen atoms in total. The first kappa shape index (κ1) is 19.5. The molecule has 0 spiro atoms. The fourth-order valence-corrected chi connectivity index (χ4v) is 2.89. The third kappa shape index (κ3) is 5.16. The summed E-state index contributed by atoms with van der Waals surface area (Å²) in [5, 5.41) is 11.0. The van der Waals surface area contributed by atoms with E-state index in [9.17, 15) is 4.39 Å². The largest absolute Gasteiger partial charge is 0.356 e. The predicted molar refractivity (Wildman–Crippen MR) is 109 cm³/mol. The zero-order valence-electron chi connectivity index (χ0n) is 16.4. The minimum atomic E-state index is -0.216. The summed E-state index contributed by atoms with van der Waals surface area (Å²) in [6.45, 7) is 5.30. The molecule has 1 aromatic carbocycles. The third-order valence-electron chi connectivity index (χ3n) is 4.34. The van der Waals surface area contributed by atoms with Crippen molar-refractivity contribution in [2.45, 2.75) is 26.8 Å². The van der Waals surface area contributed by atoms with E-state index in [4.69, 9.17) is 0 Å². The van der Waals surface area contributed by atoms with Gasteiger partial charge in [-0.05, 0) is 55.7 Å². The Labute approximate surface area is 164 Å². The molecular weight excluding hydrogens is 355 g/mol. The van der Waals surface area contributed by atoms with Gasteiger partial charge in [-0.15, -0.1) is 0 Å². The van der Waals surface area contributed by atoms with Crippen LogP contribution in [0.5, 0.6) is 0 Å². The number of benzene rings is 1. The number of rotatable bonds is 6. The lowest BCUT2D eigenvalue weighted by molar-refractivity contribution is 0.626. The van der Waals surface area contributed by atoms with Gasteiger partial charge in [0.1, 0.15) is 5.82 Å². The first-order valence-corrected chi connectivity index (χ1v) is 9.22. The highest BCUT2D eigenvalue weighted by Gasteiger charge is 2.05. The number of aliphatic imine (C=N–C) groups is 1. The van der Waals surface area contributed by atoms with Gasteiger partial charge in [-0.25, -0.2) is 14.1 Å². The highest BCUT2D eigenvalue weighted by molar-refractivity contribution is 5.79. The zero-order chi connectivity index (χ0) is 19.9. The summed E-state index contributed by atoms with van der Waals surface area (Å²) in [5.74, 6) is 1.30. The van der Waals surface area contributed by atoms with Crippen LogP contribution in [-0.4, -0.2) is 34.3 Å². The summed E-state index contributed by atoms with van der Waals surface area (Å²) < 4.78 is 14.8.